The molecule has 0 saturated carbocycles. The van der Waals surface area contributed by atoms with Gasteiger partial charge in [0.25, 0.3) is 0 Å². The lowest BCUT2D eigenvalue weighted by atomic mass is 9.84. The predicted octanol–water partition coefficient (Wildman–Crippen LogP) is 14.4. The summed E-state index contributed by atoms with van der Waals surface area (Å²) in [6, 6.07) is 40.9. The first-order valence-electron chi connectivity index (χ1n) is 20.9. The van der Waals surface area contributed by atoms with Gasteiger partial charge in [0, 0.05) is 10.8 Å². The maximum absolute atomic E-state index is 9.47. The van der Waals surface area contributed by atoms with E-state index in [1.807, 2.05) is 103 Å². The van der Waals surface area contributed by atoms with Gasteiger partial charge in [-0.1, -0.05) is 151 Å². The molecule has 1 heterocycles. The van der Waals surface area contributed by atoms with Crippen molar-refractivity contribution in [2.24, 2.45) is 0 Å². The molecule has 11 rings (SSSR count). The molecule has 10 aromatic carbocycles. The predicted molar refractivity (Wildman–Crippen MR) is 218 cm³/mol. The Balaban J connectivity index is 1.25. The summed E-state index contributed by atoms with van der Waals surface area (Å²) in [5, 5.41) is 8.52. The van der Waals surface area contributed by atoms with Gasteiger partial charge in [0.05, 0.1) is 11.0 Å². The minimum absolute atomic E-state index is 0.186. The van der Waals surface area contributed by atoms with Crippen molar-refractivity contribution >= 4 is 75.8 Å². The van der Waals surface area contributed by atoms with Crippen LogP contribution in [0.1, 0.15) is 11.0 Å². The Bertz CT molecular complexity index is 3580. The molecular weight excluding hydrogens is 617 g/mol. The molecular formula is C50H30O. The second-order valence-electron chi connectivity index (χ2n) is 13.0. The van der Waals surface area contributed by atoms with Gasteiger partial charge in [-0.3, -0.25) is 0 Å². The van der Waals surface area contributed by atoms with Crippen LogP contribution in [0.2, 0.25) is 0 Å². The van der Waals surface area contributed by atoms with Crippen LogP contribution in [0.25, 0.3) is 109 Å². The summed E-state index contributed by atoms with van der Waals surface area (Å²) in [5.74, 6) is 0. The Morgan fingerprint density at radius 2 is 0.941 bits per heavy atom. The SMILES string of the molecule is [2H]c1c([2H])c([2H])c2c(-c3cccc4ccc(-c5ccc6c(c5)oc5ccc7ccccc7c56)cc34)c3c([2H])c([2H])c([2H])c([2H])c3c(-c3ccc4ccccc4c3)c2c1[2H]. The summed E-state index contributed by atoms with van der Waals surface area (Å²) in [5.41, 5.74) is 5.14. The van der Waals surface area contributed by atoms with Crippen molar-refractivity contribution < 1.29 is 15.4 Å². The quantitative estimate of drug-likeness (QED) is 0.173. The van der Waals surface area contributed by atoms with E-state index in [-0.39, 0.29) is 45.7 Å². The third-order valence-corrected chi connectivity index (χ3v) is 10.3. The van der Waals surface area contributed by atoms with Crippen LogP contribution >= 0.6 is 0 Å². The zero-order chi connectivity index (χ0) is 40.4. The fourth-order valence-electron chi connectivity index (χ4n) is 7.92. The number of hydrogen-bond acceptors (Lipinski definition) is 1. The monoisotopic (exact) mass is 654 g/mol. The van der Waals surface area contributed by atoms with Crippen LogP contribution in [0.3, 0.4) is 0 Å². The average Bonchev–Trinajstić information content (AvgIpc) is 3.66. The standard InChI is InChI=1S/C50H30O/c1-2-12-34-28-37(23-20-31(34)10-1)48-39-15-5-7-17-41(39)49(42-18-8-6-16-40(42)48)43-19-9-13-33-21-22-35(29-45(33)43)36-24-26-44-47(30-36)51-46-27-25-32-11-3-4-14-38(32)50(44)46/h1-30H/i5D,6D,7D,8D,15D,16D,17D,18D. The minimum atomic E-state index is -0.429. The van der Waals surface area contributed by atoms with E-state index < -0.39 is 24.2 Å². The second kappa shape index (κ2) is 10.9. The number of benzene rings is 10. The maximum atomic E-state index is 9.47. The Hall–Kier alpha value is -6.70. The van der Waals surface area contributed by atoms with Crippen LogP contribution in [-0.4, -0.2) is 0 Å². The van der Waals surface area contributed by atoms with Gasteiger partial charge in [0.15, 0.2) is 0 Å². The number of hydrogen-bond donors (Lipinski definition) is 0. The number of fused-ring (bicyclic) bond motifs is 9. The van der Waals surface area contributed by atoms with Gasteiger partial charge in [-0.05, 0) is 118 Å². The highest BCUT2D eigenvalue weighted by atomic mass is 16.3. The molecule has 0 N–H and O–H groups in total. The van der Waals surface area contributed by atoms with Crippen LogP contribution in [-0.2, 0) is 0 Å². The molecule has 1 aromatic heterocycles. The molecule has 0 atom stereocenters. The zero-order valence-electron chi connectivity index (χ0n) is 35.1. The van der Waals surface area contributed by atoms with Gasteiger partial charge in [-0.25, -0.2) is 0 Å². The molecule has 0 spiro atoms. The molecule has 0 unspecified atom stereocenters. The first-order chi connectivity index (χ1) is 28.6. The summed E-state index contributed by atoms with van der Waals surface area (Å²) in [7, 11) is 0. The van der Waals surface area contributed by atoms with E-state index in [4.69, 9.17) is 9.90 Å². The third kappa shape index (κ3) is 4.28. The Morgan fingerprint density at radius 3 is 1.75 bits per heavy atom. The highest BCUT2D eigenvalue weighted by Crippen LogP contribution is 2.46. The van der Waals surface area contributed by atoms with Crippen LogP contribution in [0.15, 0.2) is 186 Å². The van der Waals surface area contributed by atoms with Crippen molar-refractivity contribution in [2.75, 3.05) is 0 Å². The van der Waals surface area contributed by atoms with E-state index >= 15 is 0 Å². The summed E-state index contributed by atoms with van der Waals surface area (Å²) in [4.78, 5) is 0. The van der Waals surface area contributed by atoms with Crippen LogP contribution in [0, 0.1) is 0 Å². The molecule has 1 nitrogen and oxygen atoms in total. The molecule has 0 bridgehead atoms. The van der Waals surface area contributed by atoms with Crippen molar-refractivity contribution in [1.29, 1.82) is 0 Å². The van der Waals surface area contributed by atoms with Crippen LogP contribution in [0.5, 0.6) is 0 Å². The Morgan fingerprint density at radius 1 is 0.353 bits per heavy atom. The van der Waals surface area contributed by atoms with Gasteiger partial charge in [-0.2, -0.15) is 0 Å². The van der Waals surface area contributed by atoms with Crippen molar-refractivity contribution in [2.45, 2.75) is 0 Å². The molecule has 51 heavy (non-hydrogen) atoms. The maximum Gasteiger partial charge on any atom is 0.136 e. The van der Waals surface area contributed by atoms with Gasteiger partial charge in [-0.15, -0.1) is 0 Å². The molecule has 0 saturated heterocycles. The topological polar surface area (TPSA) is 13.1 Å². The van der Waals surface area contributed by atoms with Crippen molar-refractivity contribution in [3.63, 3.8) is 0 Å². The van der Waals surface area contributed by atoms with E-state index in [1.165, 1.54) is 0 Å². The van der Waals surface area contributed by atoms with Crippen molar-refractivity contribution in [3.8, 4) is 33.4 Å². The average molecular weight is 655 g/mol. The van der Waals surface area contributed by atoms with E-state index in [9.17, 15) is 5.48 Å². The number of rotatable bonds is 3. The first-order valence-corrected chi connectivity index (χ1v) is 16.9. The largest absolute Gasteiger partial charge is 0.456 e. The summed E-state index contributed by atoms with van der Waals surface area (Å²) < 4.78 is 79.6. The van der Waals surface area contributed by atoms with Crippen molar-refractivity contribution in [3.05, 3.63) is 182 Å². The molecule has 0 amide bonds. The van der Waals surface area contributed by atoms with Crippen molar-refractivity contribution in [1.82, 2.24) is 0 Å². The Kier molecular flexibility index (Phi) is 4.57. The molecule has 0 radical (unpaired) electrons. The second-order valence-corrected chi connectivity index (χ2v) is 13.0. The van der Waals surface area contributed by atoms with Gasteiger partial charge < -0.3 is 4.42 Å². The van der Waals surface area contributed by atoms with E-state index in [1.54, 1.807) is 0 Å². The van der Waals surface area contributed by atoms with E-state index in [0.717, 1.165) is 65.4 Å². The lowest BCUT2D eigenvalue weighted by Crippen LogP contribution is -1.92. The lowest BCUT2D eigenvalue weighted by Gasteiger charge is -2.19. The van der Waals surface area contributed by atoms with E-state index in [0.29, 0.717) is 22.3 Å². The smallest absolute Gasteiger partial charge is 0.136 e. The number of furan rings is 1. The molecule has 0 aliphatic heterocycles. The Labute approximate surface area is 305 Å². The molecule has 1 heteroatoms. The molecule has 0 fully saturated rings. The zero-order valence-corrected chi connectivity index (χ0v) is 27.1. The highest BCUT2D eigenvalue weighted by molar-refractivity contribution is 6.24. The summed E-state index contributed by atoms with van der Waals surface area (Å²) in [6.45, 7) is 0. The summed E-state index contributed by atoms with van der Waals surface area (Å²) in [6.07, 6.45) is 0. The fraction of sp³-hybridized carbons (Fsp3) is 0. The minimum Gasteiger partial charge on any atom is -0.456 e. The van der Waals surface area contributed by atoms with Gasteiger partial charge in [0.2, 0.25) is 0 Å². The molecule has 11 aromatic rings. The van der Waals surface area contributed by atoms with Gasteiger partial charge in [0.1, 0.15) is 11.2 Å². The fourth-order valence-corrected chi connectivity index (χ4v) is 7.92. The van der Waals surface area contributed by atoms with E-state index in [2.05, 4.69) is 30.3 Å². The summed E-state index contributed by atoms with van der Waals surface area (Å²) >= 11 is 0. The molecule has 236 valence electrons. The third-order valence-electron chi connectivity index (χ3n) is 10.3. The van der Waals surface area contributed by atoms with Crippen LogP contribution < -0.4 is 0 Å². The molecule has 0 aliphatic carbocycles. The molecule has 0 aliphatic rings. The normalized spacial score (nSPS) is 14.1. The highest BCUT2D eigenvalue weighted by Gasteiger charge is 2.19. The van der Waals surface area contributed by atoms with Gasteiger partial charge >= 0.3 is 0 Å². The lowest BCUT2D eigenvalue weighted by molar-refractivity contribution is 0.669. The first kappa shape index (κ1) is 21.4. The van der Waals surface area contributed by atoms with Crippen LogP contribution in [0.4, 0.5) is 0 Å².